The molecule has 1 saturated heterocycles. The number of amides is 1. The third-order valence-corrected chi connectivity index (χ3v) is 17.2. The van der Waals surface area contributed by atoms with E-state index in [1.54, 1.807) is 6.08 Å². The van der Waals surface area contributed by atoms with Gasteiger partial charge in [-0.1, -0.05) is 300 Å². The van der Waals surface area contributed by atoms with Gasteiger partial charge in [0, 0.05) is 12.8 Å². The van der Waals surface area contributed by atoms with Crippen LogP contribution < -0.4 is 5.32 Å². The Kier molecular flexibility index (Phi) is 60.0. The second-order valence-corrected chi connectivity index (χ2v) is 25.3. The van der Waals surface area contributed by atoms with Crippen LogP contribution in [0.15, 0.2) is 48.6 Å². The van der Waals surface area contributed by atoms with E-state index >= 15 is 0 Å². The van der Waals surface area contributed by atoms with Crippen LogP contribution in [-0.4, -0.2) is 100 Å². The maximum absolute atomic E-state index is 13.1. The summed E-state index contributed by atoms with van der Waals surface area (Å²) in [5.41, 5.74) is 0. The van der Waals surface area contributed by atoms with E-state index in [0.717, 1.165) is 64.2 Å². The van der Waals surface area contributed by atoms with E-state index in [4.69, 9.17) is 14.2 Å². The zero-order valence-corrected chi connectivity index (χ0v) is 55.3. The molecule has 11 heteroatoms. The fraction of sp³-hybridized carbons (Fsp3) is 0.865. The van der Waals surface area contributed by atoms with E-state index in [1.165, 1.54) is 257 Å². The van der Waals surface area contributed by atoms with Crippen molar-refractivity contribution >= 4 is 11.9 Å². The zero-order valence-electron chi connectivity index (χ0n) is 55.3. The van der Waals surface area contributed by atoms with Crippen molar-refractivity contribution < 1.29 is 49.3 Å². The van der Waals surface area contributed by atoms with Crippen molar-refractivity contribution in [2.45, 2.75) is 391 Å². The van der Waals surface area contributed by atoms with Crippen LogP contribution in [0.1, 0.15) is 348 Å². The largest absolute Gasteiger partial charge is 0.466 e. The molecule has 85 heavy (non-hydrogen) atoms. The number of carbonyl (C=O) groups is 2. The Balaban J connectivity index is 2.00. The lowest BCUT2D eigenvalue weighted by atomic mass is 9.99. The number of ether oxygens (including phenoxy) is 3. The summed E-state index contributed by atoms with van der Waals surface area (Å²) in [6, 6.07) is -0.811. The molecular formula is C74H137NO10. The zero-order chi connectivity index (χ0) is 61.6. The first-order chi connectivity index (χ1) is 41.7. The first-order valence-electron chi connectivity index (χ1n) is 36.4. The summed E-state index contributed by atoms with van der Waals surface area (Å²) < 4.78 is 16.7. The number of unbranched alkanes of at least 4 members (excludes halogenated alkanes) is 44. The summed E-state index contributed by atoms with van der Waals surface area (Å²) in [4.78, 5) is 25.1. The highest BCUT2D eigenvalue weighted by atomic mass is 16.7. The number of rotatable bonds is 64. The van der Waals surface area contributed by atoms with Crippen molar-refractivity contribution in [1.82, 2.24) is 5.32 Å². The molecule has 0 bridgehead atoms. The number of carbonyl (C=O) groups excluding carboxylic acids is 2. The normalized spacial score (nSPS) is 18.2. The van der Waals surface area contributed by atoms with E-state index in [2.05, 4.69) is 55.6 Å². The highest BCUT2D eigenvalue weighted by Crippen LogP contribution is 2.23. The van der Waals surface area contributed by atoms with E-state index in [9.17, 15) is 35.1 Å². The monoisotopic (exact) mass is 1200 g/mol. The third-order valence-electron chi connectivity index (χ3n) is 17.2. The molecule has 11 nitrogen and oxygen atoms in total. The second kappa shape index (κ2) is 63.2. The van der Waals surface area contributed by atoms with Gasteiger partial charge in [0.2, 0.25) is 5.91 Å². The van der Waals surface area contributed by atoms with Gasteiger partial charge >= 0.3 is 5.97 Å². The number of nitrogens with one attached hydrogen (secondary N) is 1. The highest BCUT2D eigenvalue weighted by molar-refractivity contribution is 5.76. The molecule has 1 rings (SSSR count). The summed E-state index contributed by atoms with van der Waals surface area (Å²) in [6.07, 6.45) is 72.4. The topological polar surface area (TPSA) is 175 Å². The van der Waals surface area contributed by atoms with Crippen LogP contribution in [-0.2, 0) is 23.8 Å². The van der Waals surface area contributed by atoms with Crippen LogP contribution >= 0.6 is 0 Å². The summed E-state index contributed by atoms with van der Waals surface area (Å²) in [7, 11) is 0. The average molecular weight is 1200 g/mol. The molecule has 1 heterocycles. The molecule has 6 N–H and O–H groups in total. The van der Waals surface area contributed by atoms with Gasteiger partial charge < -0.3 is 45.1 Å². The van der Waals surface area contributed by atoms with Crippen LogP contribution in [0.25, 0.3) is 0 Å². The fourth-order valence-electron chi connectivity index (χ4n) is 11.4. The van der Waals surface area contributed by atoms with Gasteiger partial charge in [-0.25, -0.2) is 0 Å². The maximum Gasteiger partial charge on any atom is 0.305 e. The van der Waals surface area contributed by atoms with Gasteiger partial charge in [-0.15, -0.1) is 0 Å². The molecule has 7 atom stereocenters. The highest BCUT2D eigenvalue weighted by Gasteiger charge is 2.44. The molecule has 1 amide bonds. The predicted molar refractivity (Wildman–Crippen MR) is 357 cm³/mol. The Labute approximate surface area is 523 Å². The molecule has 498 valence electrons. The van der Waals surface area contributed by atoms with Crippen molar-refractivity contribution in [3.8, 4) is 0 Å². The van der Waals surface area contributed by atoms with E-state index in [-0.39, 0.29) is 18.5 Å². The third kappa shape index (κ3) is 52.1. The predicted octanol–water partition coefficient (Wildman–Crippen LogP) is 18.7. The lowest BCUT2D eigenvalue weighted by Gasteiger charge is -2.40. The number of esters is 1. The minimum atomic E-state index is -1.57. The van der Waals surface area contributed by atoms with Gasteiger partial charge in [0.05, 0.1) is 32.0 Å². The van der Waals surface area contributed by atoms with Gasteiger partial charge in [0.15, 0.2) is 6.29 Å². The summed E-state index contributed by atoms with van der Waals surface area (Å²) in [5, 5.41) is 54.6. The molecule has 0 saturated carbocycles. The van der Waals surface area contributed by atoms with Crippen LogP contribution in [0.4, 0.5) is 0 Å². The quantitative estimate of drug-likeness (QED) is 0.0195. The second-order valence-electron chi connectivity index (χ2n) is 25.3. The first kappa shape index (κ1) is 80.6. The molecule has 0 aromatic carbocycles. The van der Waals surface area contributed by atoms with Crippen molar-refractivity contribution in [3.05, 3.63) is 48.6 Å². The molecule has 0 aromatic heterocycles. The number of aliphatic hydroxyl groups excluding tert-OH is 5. The Bertz CT molecular complexity index is 1550. The number of aliphatic hydroxyl groups is 5. The minimum absolute atomic E-state index is 0.00584. The molecule has 0 aromatic rings. The lowest BCUT2D eigenvalue weighted by Crippen LogP contribution is -2.60. The maximum atomic E-state index is 13.1. The molecule has 0 aliphatic carbocycles. The first-order valence-corrected chi connectivity index (χ1v) is 36.4. The van der Waals surface area contributed by atoms with E-state index in [0.29, 0.717) is 19.4 Å². The molecule has 0 radical (unpaired) electrons. The Hall–Kier alpha value is -2.38. The van der Waals surface area contributed by atoms with Crippen LogP contribution in [0.2, 0.25) is 0 Å². The van der Waals surface area contributed by atoms with Crippen molar-refractivity contribution in [2.75, 3.05) is 19.8 Å². The van der Waals surface area contributed by atoms with E-state index < -0.39 is 49.5 Å². The fourth-order valence-corrected chi connectivity index (χ4v) is 11.4. The number of allylic oxidation sites excluding steroid dienone is 7. The Morgan fingerprint density at radius 2 is 0.800 bits per heavy atom. The van der Waals surface area contributed by atoms with Crippen LogP contribution in [0.5, 0.6) is 0 Å². The minimum Gasteiger partial charge on any atom is -0.466 e. The molecule has 7 unspecified atom stereocenters. The van der Waals surface area contributed by atoms with Crippen molar-refractivity contribution in [1.29, 1.82) is 0 Å². The van der Waals surface area contributed by atoms with Gasteiger partial charge in [-0.05, 0) is 83.5 Å². The molecule has 1 aliphatic rings. The van der Waals surface area contributed by atoms with E-state index in [1.807, 2.05) is 6.08 Å². The smallest absolute Gasteiger partial charge is 0.305 e. The molecule has 0 spiro atoms. The number of hydrogen-bond donors (Lipinski definition) is 6. The SMILES string of the molecule is CCCC/C=C\CCCCCCCC(=O)OCCCCCCCCCCC/C=C\C/C=C\CCCCCCCCCCCCCCCCCC(=O)NC(COC1OC(CO)C(O)C(O)C1O)C(O)/C=C/CCCCCCCCCCCCCCC. The van der Waals surface area contributed by atoms with Crippen LogP contribution in [0.3, 0.4) is 0 Å². The molecular weight excluding hydrogens is 1060 g/mol. The van der Waals surface area contributed by atoms with Gasteiger partial charge in [-0.3, -0.25) is 9.59 Å². The summed E-state index contributed by atoms with van der Waals surface area (Å²) >= 11 is 0. The molecule has 1 aliphatic heterocycles. The van der Waals surface area contributed by atoms with Crippen molar-refractivity contribution in [2.24, 2.45) is 0 Å². The Morgan fingerprint density at radius 1 is 0.435 bits per heavy atom. The average Bonchev–Trinajstić information content (AvgIpc) is 3.43. The van der Waals surface area contributed by atoms with Gasteiger partial charge in [0.25, 0.3) is 0 Å². The van der Waals surface area contributed by atoms with Crippen molar-refractivity contribution in [3.63, 3.8) is 0 Å². The van der Waals surface area contributed by atoms with Crippen LogP contribution in [0, 0.1) is 0 Å². The van der Waals surface area contributed by atoms with Gasteiger partial charge in [-0.2, -0.15) is 0 Å². The van der Waals surface area contributed by atoms with Gasteiger partial charge in [0.1, 0.15) is 24.4 Å². The summed E-state index contributed by atoms with van der Waals surface area (Å²) in [6.45, 7) is 4.34. The number of hydrogen-bond acceptors (Lipinski definition) is 10. The molecule has 1 fully saturated rings. The summed E-state index contributed by atoms with van der Waals surface area (Å²) in [5.74, 6) is -0.185. The lowest BCUT2D eigenvalue weighted by molar-refractivity contribution is -0.302. The Morgan fingerprint density at radius 3 is 1.24 bits per heavy atom. The standard InChI is InChI=1S/C74H137NO10/c1-3-5-7-9-11-13-15-16-34-37-41-44-48-52-56-60-67(77)66(65-84-74-73(82)72(81)71(80)68(64-76)85-74)75-69(78)61-57-53-49-45-42-38-35-32-30-28-26-24-22-20-18-17-19-21-23-25-27-29-31-33-36-39-43-47-51-55-59-63-83-70(79)62-58-54-50-46-40-14-12-10-8-6-4-2/h10,12,19,21,25,27,56,60,66-68,71-74,76-77,80-82H,3-9,11,13-18,20,22-24,26,28-55,57-59,61-65H2,1-2H3,(H,75,78)/b12-10-,21-19-,27-25-,60-56+.